The molecule has 130 valence electrons. The number of anilines is 1. The molecule has 3 rings (SSSR count). The molecule has 0 unspecified atom stereocenters. The molecule has 0 aromatic heterocycles. The minimum absolute atomic E-state index is 0.0176. The van der Waals surface area contributed by atoms with E-state index in [0.29, 0.717) is 19.4 Å². The first-order valence-corrected chi connectivity index (χ1v) is 8.35. The van der Waals surface area contributed by atoms with E-state index in [1.54, 1.807) is 19.1 Å². The first-order valence-electron chi connectivity index (χ1n) is 8.35. The molecule has 5 nitrogen and oxygen atoms in total. The van der Waals surface area contributed by atoms with Crippen LogP contribution in [-0.2, 0) is 29.0 Å². The highest BCUT2D eigenvalue weighted by Gasteiger charge is 2.21. The third kappa shape index (κ3) is 3.99. The summed E-state index contributed by atoms with van der Waals surface area (Å²) in [7, 11) is 3.42. The molecule has 0 fully saturated rings. The van der Waals surface area contributed by atoms with Crippen LogP contribution in [0.2, 0.25) is 0 Å². The summed E-state index contributed by atoms with van der Waals surface area (Å²) in [6.07, 6.45) is 1.59. The number of hydrogen-bond acceptors (Lipinski definition) is 3. The number of amides is 2. The minimum Gasteiger partial charge on any atom is -0.497 e. The molecule has 2 amide bonds. The molecule has 0 saturated carbocycles. The number of nitrogens with one attached hydrogen (secondary N) is 1. The summed E-state index contributed by atoms with van der Waals surface area (Å²) < 4.78 is 5.12. The van der Waals surface area contributed by atoms with Crippen LogP contribution in [0.15, 0.2) is 42.5 Å². The van der Waals surface area contributed by atoms with Gasteiger partial charge in [0.2, 0.25) is 11.8 Å². The molecule has 25 heavy (non-hydrogen) atoms. The van der Waals surface area contributed by atoms with Crippen LogP contribution in [0.5, 0.6) is 5.75 Å². The van der Waals surface area contributed by atoms with Gasteiger partial charge in [0.1, 0.15) is 5.75 Å². The molecule has 2 aromatic rings. The number of carbonyl (C=O) groups is 2. The summed E-state index contributed by atoms with van der Waals surface area (Å²) in [4.78, 5) is 25.6. The Kier molecular flexibility index (Phi) is 5.03. The zero-order valence-corrected chi connectivity index (χ0v) is 14.5. The summed E-state index contributed by atoms with van der Waals surface area (Å²) >= 11 is 0. The quantitative estimate of drug-likeness (QED) is 0.911. The molecule has 0 radical (unpaired) electrons. The number of benzene rings is 2. The Bertz CT molecular complexity index is 784. The second-order valence-electron chi connectivity index (χ2n) is 6.22. The maximum absolute atomic E-state index is 12.2. The van der Waals surface area contributed by atoms with E-state index in [-0.39, 0.29) is 11.8 Å². The molecule has 0 atom stereocenters. The normalized spacial score (nSPS) is 13.4. The van der Waals surface area contributed by atoms with Crippen molar-refractivity contribution in [3.63, 3.8) is 0 Å². The van der Waals surface area contributed by atoms with Crippen LogP contribution < -0.4 is 15.0 Å². The summed E-state index contributed by atoms with van der Waals surface area (Å²) in [5.74, 6) is 0.918. The number of nitrogens with zero attached hydrogens (tertiary/aromatic N) is 1. The molecule has 0 bridgehead atoms. The predicted octanol–water partition coefficient (Wildman–Crippen LogP) is 2.46. The van der Waals surface area contributed by atoms with Gasteiger partial charge < -0.3 is 15.0 Å². The van der Waals surface area contributed by atoms with Gasteiger partial charge in [-0.3, -0.25) is 9.59 Å². The number of rotatable bonds is 5. The van der Waals surface area contributed by atoms with Crippen molar-refractivity contribution in [2.24, 2.45) is 0 Å². The first kappa shape index (κ1) is 17.0. The van der Waals surface area contributed by atoms with Crippen molar-refractivity contribution in [2.75, 3.05) is 19.1 Å². The molecule has 5 heteroatoms. The number of hydrogen-bond donors (Lipinski definition) is 1. The van der Waals surface area contributed by atoms with Crippen LogP contribution in [-0.4, -0.2) is 26.0 Å². The summed E-state index contributed by atoms with van der Waals surface area (Å²) in [6, 6.07) is 13.5. The number of methoxy groups -OCH3 is 1. The summed E-state index contributed by atoms with van der Waals surface area (Å²) in [6.45, 7) is 0.491. The van der Waals surface area contributed by atoms with Crippen molar-refractivity contribution in [1.82, 2.24) is 5.32 Å². The molecular formula is C20H22N2O3. The fourth-order valence-corrected chi connectivity index (χ4v) is 3.01. The molecule has 0 aliphatic carbocycles. The predicted molar refractivity (Wildman–Crippen MR) is 96.7 cm³/mol. The van der Waals surface area contributed by atoms with E-state index in [9.17, 15) is 9.59 Å². The van der Waals surface area contributed by atoms with Gasteiger partial charge in [-0.05, 0) is 41.3 Å². The van der Waals surface area contributed by atoms with Crippen LogP contribution in [0.1, 0.15) is 23.1 Å². The molecule has 1 aliphatic rings. The van der Waals surface area contributed by atoms with Gasteiger partial charge in [-0.1, -0.05) is 24.3 Å². The highest BCUT2D eigenvalue weighted by molar-refractivity contribution is 5.96. The Hall–Kier alpha value is -2.82. The average Bonchev–Trinajstić information content (AvgIpc) is 2.63. The van der Waals surface area contributed by atoms with E-state index < -0.39 is 0 Å². The number of carbonyl (C=O) groups excluding carboxylic acids is 2. The Morgan fingerprint density at radius 2 is 1.84 bits per heavy atom. The highest BCUT2D eigenvalue weighted by atomic mass is 16.5. The van der Waals surface area contributed by atoms with Crippen LogP contribution in [0.25, 0.3) is 0 Å². The van der Waals surface area contributed by atoms with E-state index in [1.165, 1.54) is 0 Å². The van der Waals surface area contributed by atoms with E-state index in [0.717, 1.165) is 34.5 Å². The van der Waals surface area contributed by atoms with Gasteiger partial charge in [0.05, 0.1) is 13.5 Å². The lowest BCUT2D eigenvalue weighted by Gasteiger charge is -2.26. The number of fused-ring (bicyclic) bond motifs is 1. The van der Waals surface area contributed by atoms with Crippen molar-refractivity contribution in [3.8, 4) is 5.75 Å². The van der Waals surface area contributed by atoms with Gasteiger partial charge in [-0.15, -0.1) is 0 Å². The largest absolute Gasteiger partial charge is 0.497 e. The topological polar surface area (TPSA) is 58.6 Å². The van der Waals surface area contributed by atoms with Crippen LogP contribution in [0.4, 0.5) is 5.69 Å². The fourth-order valence-electron chi connectivity index (χ4n) is 3.01. The van der Waals surface area contributed by atoms with Crippen LogP contribution >= 0.6 is 0 Å². The first-order chi connectivity index (χ1) is 12.1. The second-order valence-corrected chi connectivity index (χ2v) is 6.22. The average molecular weight is 338 g/mol. The second kappa shape index (κ2) is 7.38. The van der Waals surface area contributed by atoms with E-state index >= 15 is 0 Å². The Morgan fingerprint density at radius 3 is 2.56 bits per heavy atom. The molecule has 0 spiro atoms. The smallest absolute Gasteiger partial charge is 0.227 e. The van der Waals surface area contributed by atoms with Gasteiger partial charge >= 0.3 is 0 Å². The van der Waals surface area contributed by atoms with Crippen molar-refractivity contribution < 1.29 is 14.3 Å². The third-order valence-electron chi connectivity index (χ3n) is 4.50. The fraction of sp³-hybridized carbons (Fsp3) is 0.300. The lowest BCUT2D eigenvalue weighted by atomic mass is 9.98. The van der Waals surface area contributed by atoms with Gasteiger partial charge in [-0.2, -0.15) is 0 Å². The zero-order chi connectivity index (χ0) is 17.8. The van der Waals surface area contributed by atoms with Crippen molar-refractivity contribution in [1.29, 1.82) is 0 Å². The third-order valence-corrected chi connectivity index (χ3v) is 4.50. The maximum Gasteiger partial charge on any atom is 0.227 e. The van der Waals surface area contributed by atoms with Gasteiger partial charge in [0, 0.05) is 25.7 Å². The Morgan fingerprint density at radius 1 is 1.12 bits per heavy atom. The lowest BCUT2D eigenvalue weighted by molar-refractivity contribution is -0.120. The van der Waals surface area contributed by atoms with Crippen molar-refractivity contribution in [2.45, 2.75) is 25.8 Å². The van der Waals surface area contributed by atoms with Gasteiger partial charge in [-0.25, -0.2) is 0 Å². The Labute approximate surface area is 147 Å². The lowest BCUT2D eigenvalue weighted by Crippen LogP contribution is -2.31. The summed E-state index contributed by atoms with van der Waals surface area (Å²) in [5, 5.41) is 2.94. The summed E-state index contributed by atoms with van der Waals surface area (Å²) in [5.41, 5.74) is 4.06. The number of aryl methyl sites for hydroxylation is 1. The van der Waals surface area contributed by atoms with Gasteiger partial charge in [0.15, 0.2) is 0 Å². The van der Waals surface area contributed by atoms with E-state index in [1.807, 2.05) is 42.5 Å². The molecule has 2 aromatic carbocycles. The van der Waals surface area contributed by atoms with E-state index in [4.69, 9.17) is 4.74 Å². The van der Waals surface area contributed by atoms with Crippen LogP contribution in [0.3, 0.4) is 0 Å². The SMILES string of the molecule is COc1ccc(CNC(=O)Cc2ccc3c(c2)CCC(=O)N3C)cc1. The zero-order valence-electron chi connectivity index (χ0n) is 14.5. The maximum atomic E-state index is 12.2. The Balaban J connectivity index is 1.58. The molecular weight excluding hydrogens is 316 g/mol. The number of ether oxygens (including phenoxy) is 1. The monoisotopic (exact) mass is 338 g/mol. The van der Waals surface area contributed by atoms with Crippen LogP contribution in [0, 0.1) is 0 Å². The highest BCUT2D eigenvalue weighted by Crippen LogP contribution is 2.27. The van der Waals surface area contributed by atoms with E-state index in [2.05, 4.69) is 5.32 Å². The van der Waals surface area contributed by atoms with Crippen molar-refractivity contribution >= 4 is 17.5 Å². The molecule has 1 aliphatic heterocycles. The standard InChI is InChI=1S/C20H22N2O3/c1-22-18-9-5-15(11-16(18)6-10-20(22)24)12-19(23)21-13-14-3-7-17(25-2)8-4-14/h3-5,7-9,11H,6,10,12-13H2,1-2H3,(H,21,23). The minimum atomic E-state index is -0.0176. The van der Waals surface area contributed by atoms with Gasteiger partial charge in [0.25, 0.3) is 0 Å². The van der Waals surface area contributed by atoms with Crippen molar-refractivity contribution in [3.05, 3.63) is 59.2 Å². The molecule has 1 heterocycles. The molecule has 0 saturated heterocycles. The molecule has 1 N–H and O–H groups in total.